The van der Waals surface area contributed by atoms with Gasteiger partial charge in [0, 0.05) is 24.1 Å². The molecule has 1 aromatic carbocycles. The maximum atomic E-state index is 13.0. The Labute approximate surface area is 98.4 Å². The minimum Gasteiger partial charge on any atom is -0.296 e. The summed E-state index contributed by atoms with van der Waals surface area (Å²) >= 11 is 3.46. The lowest BCUT2D eigenvalue weighted by Crippen LogP contribution is -2.20. The van der Waals surface area contributed by atoms with Crippen LogP contribution in [0.15, 0.2) is 22.7 Å². The number of halogens is 2. The van der Waals surface area contributed by atoms with Crippen LogP contribution in [0.2, 0.25) is 0 Å². The van der Waals surface area contributed by atoms with Gasteiger partial charge in [0.25, 0.3) is 0 Å². The molecule has 82 valence electrons. The number of hydrogen-bond donors (Lipinski definition) is 0. The average Bonchev–Trinajstić information content (AvgIpc) is 2.58. The summed E-state index contributed by atoms with van der Waals surface area (Å²) in [6.07, 6.45) is 0.0602. The Bertz CT molecular complexity index is 353. The summed E-state index contributed by atoms with van der Waals surface area (Å²) in [6.45, 7) is 4.44. The highest BCUT2D eigenvalue weighted by Gasteiger charge is 2.21. The van der Waals surface area contributed by atoms with Crippen molar-refractivity contribution in [1.29, 1.82) is 0 Å². The van der Waals surface area contributed by atoms with Crippen molar-refractivity contribution in [3.8, 4) is 0 Å². The lowest BCUT2D eigenvalue weighted by atomic mass is 10.1. The van der Waals surface area contributed by atoms with Gasteiger partial charge in [-0.2, -0.15) is 0 Å². The Morgan fingerprint density at radius 3 is 3.00 bits per heavy atom. The van der Waals surface area contributed by atoms with E-state index in [1.807, 2.05) is 6.07 Å². The zero-order valence-corrected chi connectivity index (χ0v) is 10.4. The summed E-state index contributed by atoms with van der Waals surface area (Å²) in [5.41, 5.74) is 2.57. The molecule has 1 aromatic rings. The molecule has 0 aromatic heterocycles. The van der Waals surface area contributed by atoms with E-state index in [1.165, 1.54) is 11.1 Å². The highest BCUT2D eigenvalue weighted by atomic mass is 79.9. The van der Waals surface area contributed by atoms with Crippen LogP contribution in [0.1, 0.15) is 17.5 Å². The van der Waals surface area contributed by atoms with Crippen molar-refractivity contribution in [2.75, 3.05) is 13.1 Å². The summed E-state index contributed by atoms with van der Waals surface area (Å²) in [5, 5.41) is 0. The molecule has 3 heteroatoms. The first-order valence-electron chi connectivity index (χ1n) is 5.26. The van der Waals surface area contributed by atoms with Crippen molar-refractivity contribution < 1.29 is 4.39 Å². The highest BCUT2D eigenvalue weighted by Crippen LogP contribution is 2.20. The predicted octanol–water partition coefficient (Wildman–Crippen LogP) is 3.30. The van der Waals surface area contributed by atoms with Gasteiger partial charge >= 0.3 is 0 Å². The number of benzene rings is 1. The van der Waals surface area contributed by atoms with Crippen molar-refractivity contribution in [2.45, 2.75) is 26.1 Å². The largest absolute Gasteiger partial charge is 0.296 e. The molecule has 1 aliphatic heterocycles. The molecule has 1 fully saturated rings. The van der Waals surface area contributed by atoms with Crippen LogP contribution in [0.5, 0.6) is 0 Å². The maximum absolute atomic E-state index is 13.0. The molecule has 15 heavy (non-hydrogen) atoms. The molecular weight excluding hydrogens is 257 g/mol. The first-order chi connectivity index (χ1) is 7.15. The van der Waals surface area contributed by atoms with Gasteiger partial charge in [0.05, 0.1) is 0 Å². The molecule has 1 saturated heterocycles. The second-order valence-corrected chi connectivity index (χ2v) is 5.11. The van der Waals surface area contributed by atoms with Crippen molar-refractivity contribution >= 4 is 15.9 Å². The van der Waals surface area contributed by atoms with Gasteiger partial charge in [0.15, 0.2) is 0 Å². The highest BCUT2D eigenvalue weighted by molar-refractivity contribution is 9.10. The van der Waals surface area contributed by atoms with Crippen LogP contribution < -0.4 is 0 Å². The van der Waals surface area contributed by atoms with Gasteiger partial charge in [-0.05, 0) is 36.6 Å². The third kappa shape index (κ3) is 2.79. The van der Waals surface area contributed by atoms with Gasteiger partial charge in [0.2, 0.25) is 0 Å². The van der Waals surface area contributed by atoms with Crippen molar-refractivity contribution in [2.24, 2.45) is 0 Å². The lowest BCUT2D eigenvalue weighted by Gasteiger charge is -2.16. The molecule has 0 bridgehead atoms. The minimum absolute atomic E-state index is 0.589. The zero-order chi connectivity index (χ0) is 10.8. The third-order valence-electron chi connectivity index (χ3n) is 2.92. The van der Waals surface area contributed by atoms with Crippen molar-refractivity contribution in [1.82, 2.24) is 4.90 Å². The van der Waals surface area contributed by atoms with E-state index < -0.39 is 6.17 Å². The Morgan fingerprint density at radius 2 is 2.33 bits per heavy atom. The second kappa shape index (κ2) is 4.62. The SMILES string of the molecule is Cc1ccc(Br)cc1CN1CC[C@@H](F)C1. The predicted molar refractivity (Wildman–Crippen MR) is 63.7 cm³/mol. The molecule has 0 saturated carbocycles. The van der Waals surface area contributed by atoms with E-state index in [1.54, 1.807) is 0 Å². The van der Waals surface area contributed by atoms with Crippen LogP contribution in [-0.2, 0) is 6.54 Å². The summed E-state index contributed by atoms with van der Waals surface area (Å²) in [6, 6.07) is 6.27. The van der Waals surface area contributed by atoms with Gasteiger partial charge in [0.1, 0.15) is 6.17 Å². The number of nitrogens with zero attached hydrogens (tertiary/aromatic N) is 1. The molecular formula is C12H15BrFN. The molecule has 0 N–H and O–H groups in total. The summed E-state index contributed by atoms with van der Waals surface area (Å²) in [4.78, 5) is 2.18. The summed E-state index contributed by atoms with van der Waals surface area (Å²) in [7, 11) is 0. The van der Waals surface area contributed by atoms with Crippen LogP contribution in [0, 0.1) is 6.92 Å². The quantitative estimate of drug-likeness (QED) is 0.798. The standard InChI is InChI=1S/C12H15BrFN/c1-9-2-3-11(13)6-10(9)7-15-5-4-12(14)8-15/h2-3,6,12H,4-5,7-8H2,1H3/t12-/m1/s1. The number of likely N-dealkylation sites (tertiary alicyclic amines) is 1. The van der Waals surface area contributed by atoms with Gasteiger partial charge in [-0.3, -0.25) is 4.90 Å². The number of aryl methyl sites for hydroxylation is 1. The van der Waals surface area contributed by atoms with Crippen LogP contribution in [0.3, 0.4) is 0 Å². The van der Waals surface area contributed by atoms with E-state index in [0.29, 0.717) is 13.0 Å². The zero-order valence-electron chi connectivity index (χ0n) is 8.84. The molecule has 0 aliphatic carbocycles. The fraction of sp³-hybridized carbons (Fsp3) is 0.500. The Balaban J connectivity index is 2.07. The maximum Gasteiger partial charge on any atom is 0.114 e. The third-order valence-corrected chi connectivity index (χ3v) is 3.41. The molecule has 0 unspecified atom stereocenters. The van der Waals surface area contributed by atoms with E-state index in [9.17, 15) is 4.39 Å². The van der Waals surface area contributed by atoms with Gasteiger partial charge < -0.3 is 0 Å². The van der Waals surface area contributed by atoms with E-state index in [4.69, 9.17) is 0 Å². The number of rotatable bonds is 2. The summed E-state index contributed by atoms with van der Waals surface area (Å²) < 4.78 is 14.1. The number of alkyl halides is 1. The van der Waals surface area contributed by atoms with Crippen molar-refractivity contribution in [3.05, 3.63) is 33.8 Å². The first-order valence-corrected chi connectivity index (χ1v) is 6.06. The molecule has 1 atom stereocenters. The molecule has 0 spiro atoms. The molecule has 0 amide bonds. The van der Waals surface area contributed by atoms with E-state index in [0.717, 1.165) is 17.6 Å². The van der Waals surface area contributed by atoms with Gasteiger partial charge in [-0.1, -0.05) is 22.0 Å². The average molecular weight is 272 g/mol. The van der Waals surface area contributed by atoms with Crippen LogP contribution >= 0.6 is 15.9 Å². The smallest absolute Gasteiger partial charge is 0.114 e. The fourth-order valence-electron chi connectivity index (χ4n) is 1.98. The van der Waals surface area contributed by atoms with Gasteiger partial charge in [-0.15, -0.1) is 0 Å². The Morgan fingerprint density at radius 1 is 1.53 bits per heavy atom. The van der Waals surface area contributed by atoms with Gasteiger partial charge in [-0.25, -0.2) is 4.39 Å². The molecule has 1 nitrogen and oxygen atoms in total. The number of hydrogen-bond acceptors (Lipinski definition) is 1. The van der Waals surface area contributed by atoms with Crippen molar-refractivity contribution in [3.63, 3.8) is 0 Å². The molecule has 0 radical (unpaired) electrons. The molecule has 2 rings (SSSR count). The first kappa shape index (κ1) is 11.1. The molecule has 1 heterocycles. The van der Waals surface area contributed by atoms with Crippen LogP contribution in [0.4, 0.5) is 4.39 Å². The molecule has 1 aliphatic rings. The second-order valence-electron chi connectivity index (χ2n) is 4.19. The van der Waals surface area contributed by atoms with E-state index >= 15 is 0 Å². The normalized spacial score (nSPS) is 22.2. The Hall–Kier alpha value is -0.410. The van der Waals surface area contributed by atoms with E-state index in [-0.39, 0.29) is 0 Å². The van der Waals surface area contributed by atoms with Crippen LogP contribution in [-0.4, -0.2) is 24.2 Å². The topological polar surface area (TPSA) is 3.24 Å². The monoisotopic (exact) mass is 271 g/mol. The lowest BCUT2D eigenvalue weighted by molar-refractivity contribution is 0.282. The van der Waals surface area contributed by atoms with E-state index in [2.05, 4.69) is 39.9 Å². The fourth-order valence-corrected chi connectivity index (χ4v) is 2.39. The minimum atomic E-state index is -0.627. The Kier molecular flexibility index (Phi) is 3.42. The summed E-state index contributed by atoms with van der Waals surface area (Å²) in [5.74, 6) is 0. The van der Waals surface area contributed by atoms with Crippen LogP contribution in [0.25, 0.3) is 0 Å².